The Kier molecular flexibility index (Phi) is 4.25. The Labute approximate surface area is 115 Å². The Morgan fingerprint density at radius 2 is 1.84 bits per heavy atom. The first-order valence-corrected chi connectivity index (χ1v) is 7.71. The maximum atomic E-state index is 12.5. The molecule has 1 aliphatic rings. The van der Waals surface area contributed by atoms with Crippen molar-refractivity contribution in [2.45, 2.75) is 11.8 Å². The van der Waals surface area contributed by atoms with Crippen LogP contribution in [0, 0.1) is 19.3 Å². The van der Waals surface area contributed by atoms with E-state index in [9.17, 15) is 8.42 Å². The topological polar surface area (TPSA) is 40.6 Å². The fourth-order valence-corrected chi connectivity index (χ4v) is 3.89. The first kappa shape index (κ1) is 14.1. The molecule has 1 aliphatic heterocycles. The number of aryl methyl sites for hydroxylation is 1. The summed E-state index contributed by atoms with van der Waals surface area (Å²) in [4.78, 5) is 2.49. The molecule has 0 atom stereocenters. The van der Waals surface area contributed by atoms with Crippen molar-refractivity contribution in [3.63, 3.8) is 0 Å². The van der Waals surface area contributed by atoms with Crippen LogP contribution in [0.15, 0.2) is 29.2 Å². The molecule has 1 fully saturated rings. The highest BCUT2D eigenvalue weighted by molar-refractivity contribution is 7.89. The summed E-state index contributed by atoms with van der Waals surface area (Å²) in [6, 6.07) is 7.09. The molecular weight excluding hydrogens is 260 g/mol. The largest absolute Gasteiger partial charge is 0.290 e. The minimum atomic E-state index is -3.38. The standard InChI is InChI=1S/C14H18N2O2S/c1-3-8-15-9-11-16(12-10-15)19(17,18)14-7-5-4-6-13(14)2/h1,4-7H,8-12H2,2H3. The molecule has 1 aromatic carbocycles. The summed E-state index contributed by atoms with van der Waals surface area (Å²) in [6.45, 7) is 4.78. The van der Waals surface area contributed by atoms with Gasteiger partial charge in [-0.25, -0.2) is 8.42 Å². The molecule has 5 heteroatoms. The zero-order chi connectivity index (χ0) is 13.9. The number of sulfonamides is 1. The van der Waals surface area contributed by atoms with Gasteiger partial charge in [0.25, 0.3) is 0 Å². The van der Waals surface area contributed by atoms with Crippen LogP contribution < -0.4 is 0 Å². The second-order valence-electron chi connectivity index (χ2n) is 4.65. The molecule has 0 radical (unpaired) electrons. The first-order valence-electron chi connectivity index (χ1n) is 6.27. The van der Waals surface area contributed by atoms with Crippen LogP contribution >= 0.6 is 0 Å². The van der Waals surface area contributed by atoms with Gasteiger partial charge in [0, 0.05) is 26.2 Å². The molecule has 2 rings (SSSR count). The van der Waals surface area contributed by atoms with Crippen molar-refractivity contribution in [3.05, 3.63) is 29.8 Å². The van der Waals surface area contributed by atoms with Crippen LogP contribution in [-0.4, -0.2) is 50.3 Å². The van der Waals surface area contributed by atoms with Gasteiger partial charge in [-0.3, -0.25) is 4.90 Å². The SMILES string of the molecule is C#CCN1CCN(S(=O)(=O)c2ccccc2C)CC1. The molecule has 102 valence electrons. The van der Waals surface area contributed by atoms with Gasteiger partial charge in [-0.2, -0.15) is 4.31 Å². The van der Waals surface area contributed by atoms with Crippen LogP contribution in [0.5, 0.6) is 0 Å². The van der Waals surface area contributed by atoms with E-state index in [0.717, 1.165) is 5.56 Å². The van der Waals surface area contributed by atoms with Gasteiger partial charge in [0.15, 0.2) is 0 Å². The van der Waals surface area contributed by atoms with E-state index in [1.165, 1.54) is 0 Å². The van der Waals surface area contributed by atoms with Crippen LogP contribution in [0.1, 0.15) is 5.56 Å². The van der Waals surface area contributed by atoms with Gasteiger partial charge in [-0.1, -0.05) is 24.1 Å². The van der Waals surface area contributed by atoms with E-state index in [1.807, 2.05) is 19.1 Å². The predicted molar refractivity (Wildman–Crippen MR) is 75.2 cm³/mol. The lowest BCUT2D eigenvalue weighted by molar-refractivity contribution is 0.207. The number of nitrogens with zero attached hydrogens (tertiary/aromatic N) is 2. The van der Waals surface area contributed by atoms with Crippen molar-refractivity contribution < 1.29 is 8.42 Å². The number of terminal acetylenes is 1. The third kappa shape index (κ3) is 2.98. The van der Waals surface area contributed by atoms with E-state index < -0.39 is 10.0 Å². The Hall–Kier alpha value is -1.35. The van der Waals surface area contributed by atoms with Crippen molar-refractivity contribution in [1.82, 2.24) is 9.21 Å². The number of hydrogen-bond donors (Lipinski definition) is 0. The highest BCUT2D eigenvalue weighted by Gasteiger charge is 2.28. The molecule has 1 heterocycles. The molecule has 0 aromatic heterocycles. The van der Waals surface area contributed by atoms with Crippen molar-refractivity contribution in [3.8, 4) is 12.3 Å². The summed E-state index contributed by atoms with van der Waals surface area (Å²) in [7, 11) is -3.38. The summed E-state index contributed by atoms with van der Waals surface area (Å²) in [6.07, 6.45) is 5.27. The van der Waals surface area contributed by atoms with E-state index in [1.54, 1.807) is 16.4 Å². The van der Waals surface area contributed by atoms with Crippen LogP contribution in [-0.2, 0) is 10.0 Å². The molecule has 0 aliphatic carbocycles. The van der Waals surface area contributed by atoms with Crippen LogP contribution in [0.3, 0.4) is 0 Å². The smallest absolute Gasteiger partial charge is 0.243 e. The average molecular weight is 278 g/mol. The molecule has 0 bridgehead atoms. The molecule has 0 saturated carbocycles. The van der Waals surface area contributed by atoms with Crippen LogP contribution in [0.2, 0.25) is 0 Å². The molecule has 0 amide bonds. The Morgan fingerprint density at radius 3 is 2.42 bits per heavy atom. The molecule has 0 N–H and O–H groups in total. The molecule has 0 unspecified atom stereocenters. The lowest BCUT2D eigenvalue weighted by Gasteiger charge is -2.33. The van der Waals surface area contributed by atoms with E-state index in [-0.39, 0.29) is 0 Å². The lowest BCUT2D eigenvalue weighted by atomic mass is 10.2. The third-order valence-electron chi connectivity index (χ3n) is 3.36. The fraction of sp³-hybridized carbons (Fsp3) is 0.429. The van der Waals surface area contributed by atoms with Gasteiger partial charge in [0.2, 0.25) is 10.0 Å². The first-order chi connectivity index (χ1) is 9.05. The monoisotopic (exact) mass is 278 g/mol. The van der Waals surface area contributed by atoms with E-state index in [2.05, 4.69) is 10.8 Å². The number of hydrogen-bond acceptors (Lipinski definition) is 3. The summed E-state index contributed by atoms with van der Waals surface area (Å²) >= 11 is 0. The zero-order valence-corrected chi connectivity index (χ0v) is 11.9. The average Bonchev–Trinajstić information content (AvgIpc) is 2.40. The van der Waals surface area contributed by atoms with Crippen LogP contribution in [0.4, 0.5) is 0 Å². The van der Waals surface area contributed by atoms with Gasteiger partial charge < -0.3 is 0 Å². The highest BCUT2D eigenvalue weighted by Crippen LogP contribution is 2.20. The Bertz CT molecular complexity index is 582. The number of benzene rings is 1. The normalized spacial score (nSPS) is 18.1. The van der Waals surface area contributed by atoms with Gasteiger partial charge in [-0.05, 0) is 18.6 Å². The third-order valence-corrected chi connectivity index (χ3v) is 5.42. The molecular formula is C14H18N2O2S. The molecule has 4 nitrogen and oxygen atoms in total. The zero-order valence-electron chi connectivity index (χ0n) is 11.0. The Morgan fingerprint density at radius 1 is 1.21 bits per heavy atom. The maximum absolute atomic E-state index is 12.5. The minimum absolute atomic E-state index is 0.403. The maximum Gasteiger partial charge on any atom is 0.243 e. The van der Waals surface area contributed by atoms with Crippen molar-refractivity contribution >= 4 is 10.0 Å². The van der Waals surface area contributed by atoms with Gasteiger partial charge in [-0.15, -0.1) is 6.42 Å². The summed E-state index contributed by atoms with van der Waals surface area (Å²) in [5.74, 6) is 2.59. The second kappa shape index (κ2) is 5.74. The van der Waals surface area contributed by atoms with E-state index in [4.69, 9.17) is 6.42 Å². The van der Waals surface area contributed by atoms with Crippen LogP contribution in [0.25, 0.3) is 0 Å². The summed E-state index contributed by atoms with van der Waals surface area (Å²) < 4.78 is 26.6. The summed E-state index contributed by atoms with van der Waals surface area (Å²) in [5, 5.41) is 0. The summed E-state index contributed by atoms with van der Waals surface area (Å²) in [5.41, 5.74) is 0.786. The minimum Gasteiger partial charge on any atom is -0.290 e. The van der Waals surface area contributed by atoms with E-state index in [0.29, 0.717) is 37.6 Å². The quantitative estimate of drug-likeness (QED) is 0.773. The molecule has 19 heavy (non-hydrogen) atoms. The molecule has 1 aromatic rings. The highest BCUT2D eigenvalue weighted by atomic mass is 32.2. The lowest BCUT2D eigenvalue weighted by Crippen LogP contribution is -2.48. The molecule has 0 spiro atoms. The van der Waals surface area contributed by atoms with E-state index >= 15 is 0 Å². The number of piperazine rings is 1. The van der Waals surface area contributed by atoms with Gasteiger partial charge in [0.1, 0.15) is 0 Å². The van der Waals surface area contributed by atoms with Gasteiger partial charge >= 0.3 is 0 Å². The van der Waals surface area contributed by atoms with Crippen molar-refractivity contribution in [2.75, 3.05) is 32.7 Å². The van der Waals surface area contributed by atoms with Crippen molar-refractivity contribution in [1.29, 1.82) is 0 Å². The van der Waals surface area contributed by atoms with Gasteiger partial charge in [0.05, 0.1) is 11.4 Å². The fourth-order valence-electron chi connectivity index (χ4n) is 2.24. The predicted octanol–water partition coefficient (Wildman–Crippen LogP) is 0.935. The Balaban J connectivity index is 2.15. The number of rotatable bonds is 3. The second-order valence-corrected chi connectivity index (χ2v) is 6.56. The van der Waals surface area contributed by atoms with Crippen molar-refractivity contribution in [2.24, 2.45) is 0 Å². The molecule has 1 saturated heterocycles.